The summed E-state index contributed by atoms with van der Waals surface area (Å²) >= 11 is 0. The molecule has 0 radical (unpaired) electrons. The normalized spacial score (nSPS) is 25.2. The SMILES string of the molecule is CC(C)C(C)CNCC1CCCCCN1. The van der Waals surface area contributed by atoms with Crippen molar-refractivity contribution in [1.29, 1.82) is 0 Å². The summed E-state index contributed by atoms with van der Waals surface area (Å²) in [6.07, 6.45) is 5.52. The van der Waals surface area contributed by atoms with Crippen molar-refractivity contribution >= 4 is 0 Å². The Bertz CT molecular complexity index is 149. The van der Waals surface area contributed by atoms with Crippen LogP contribution in [0, 0.1) is 11.8 Å². The molecule has 1 aliphatic heterocycles. The molecular weight excluding hydrogens is 184 g/mol. The first-order chi connectivity index (χ1) is 7.20. The molecule has 2 heteroatoms. The Morgan fingerprint density at radius 2 is 2.00 bits per heavy atom. The summed E-state index contributed by atoms with van der Waals surface area (Å²) in [5.74, 6) is 1.58. The number of hydrogen-bond donors (Lipinski definition) is 2. The molecule has 0 aliphatic carbocycles. The van der Waals surface area contributed by atoms with Gasteiger partial charge in [-0.05, 0) is 37.8 Å². The number of hydrogen-bond acceptors (Lipinski definition) is 2. The highest BCUT2D eigenvalue weighted by atomic mass is 15.0. The van der Waals surface area contributed by atoms with E-state index in [9.17, 15) is 0 Å². The Labute approximate surface area is 95.2 Å². The van der Waals surface area contributed by atoms with E-state index in [1.54, 1.807) is 0 Å². The summed E-state index contributed by atoms with van der Waals surface area (Å²) < 4.78 is 0. The zero-order valence-corrected chi connectivity index (χ0v) is 10.7. The molecule has 2 N–H and O–H groups in total. The van der Waals surface area contributed by atoms with Crippen LogP contribution >= 0.6 is 0 Å². The molecule has 0 aromatic carbocycles. The van der Waals surface area contributed by atoms with E-state index in [2.05, 4.69) is 31.4 Å². The summed E-state index contributed by atoms with van der Waals surface area (Å²) in [4.78, 5) is 0. The van der Waals surface area contributed by atoms with Gasteiger partial charge in [-0.25, -0.2) is 0 Å². The molecule has 1 aliphatic rings. The van der Waals surface area contributed by atoms with Gasteiger partial charge in [0, 0.05) is 12.6 Å². The minimum absolute atomic E-state index is 0.715. The van der Waals surface area contributed by atoms with Crippen molar-refractivity contribution in [1.82, 2.24) is 10.6 Å². The van der Waals surface area contributed by atoms with Gasteiger partial charge in [0.25, 0.3) is 0 Å². The molecule has 1 saturated heterocycles. The second-order valence-corrected chi connectivity index (χ2v) is 5.38. The van der Waals surface area contributed by atoms with Crippen LogP contribution in [0.3, 0.4) is 0 Å². The van der Waals surface area contributed by atoms with Crippen molar-refractivity contribution in [2.24, 2.45) is 11.8 Å². The predicted molar refractivity (Wildman–Crippen MR) is 67.1 cm³/mol. The van der Waals surface area contributed by atoms with Crippen molar-refractivity contribution in [2.45, 2.75) is 52.5 Å². The highest BCUT2D eigenvalue weighted by Gasteiger charge is 2.12. The lowest BCUT2D eigenvalue weighted by Gasteiger charge is -2.20. The largest absolute Gasteiger partial charge is 0.315 e. The van der Waals surface area contributed by atoms with E-state index in [0.717, 1.165) is 24.9 Å². The molecular formula is C13H28N2. The van der Waals surface area contributed by atoms with Gasteiger partial charge < -0.3 is 10.6 Å². The highest BCUT2D eigenvalue weighted by molar-refractivity contribution is 4.73. The molecule has 0 aromatic heterocycles. The summed E-state index contributed by atoms with van der Waals surface area (Å²) in [6.45, 7) is 10.5. The van der Waals surface area contributed by atoms with Crippen LogP contribution in [0.4, 0.5) is 0 Å². The topological polar surface area (TPSA) is 24.1 Å². The average Bonchev–Trinajstić information content (AvgIpc) is 2.46. The Morgan fingerprint density at radius 3 is 2.73 bits per heavy atom. The van der Waals surface area contributed by atoms with Crippen LogP contribution in [0.2, 0.25) is 0 Å². The van der Waals surface area contributed by atoms with Gasteiger partial charge in [0.2, 0.25) is 0 Å². The van der Waals surface area contributed by atoms with Gasteiger partial charge in [-0.3, -0.25) is 0 Å². The Hall–Kier alpha value is -0.0800. The van der Waals surface area contributed by atoms with Crippen LogP contribution in [0.5, 0.6) is 0 Å². The monoisotopic (exact) mass is 212 g/mol. The summed E-state index contributed by atoms with van der Waals surface area (Å²) in [5.41, 5.74) is 0. The van der Waals surface area contributed by atoms with Gasteiger partial charge in [-0.15, -0.1) is 0 Å². The van der Waals surface area contributed by atoms with E-state index in [-0.39, 0.29) is 0 Å². The maximum absolute atomic E-state index is 3.62. The quantitative estimate of drug-likeness (QED) is 0.731. The maximum Gasteiger partial charge on any atom is 0.0192 e. The zero-order valence-electron chi connectivity index (χ0n) is 10.7. The fraction of sp³-hybridized carbons (Fsp3) is 1.00. The minimum Gasteiger partial charge on any atom is -0.315 e. The summed E-state index contributed by atoms with van der Waals surface area (Å²) in [7, 11) is 0. The first-order valence-electron chi connectivity index (χ1n) is 6.64. The molecule has 2 unspecified atom stereocenters. The van der Waals surface area contributed by atoms with E-state index >= 15 is 0 Å². The molecule has 1 heterocycles. The number of nitrogens with one attached hydrogen (secondary N) is 2. The molecule has 0 spiro atoms. The van der Waals surface area contributed by atoms with E-state index < -0.39 is 0 Å². The molecule has 1 fully saturated rings. The zero-order chi connectivity index (χ0) is 11.1. The van der Waals surface area contributed by atoms with Gasteiger partial charge in [-0.2, -0.15) is 0 Å². The molecule has 2 atom stereocenters. The van der Waals surface area contributed by atoms with Crippen molar-refractivity contribution in [3.8, 4) is 0 Å². The Kier molecular flexibility index (Phi) is 6.26. The predicted octanol–water partition coefficient (Wildman–Crippen LogP) is 2.40. The van der Waals surface area contributed by atoms with Crippen molar-refractivity contribution in [3.05, 3.63) is 0 Å². The smallest absolute Gasteiger partial charge is 0.0192 e. The first-order valence-corrected chi connectivity index (χ1v) is 6.64. The molecule has 0 bridgehead atoms. The van der Waals surface area contributed by atoms with E-state index in [1.165, 1.54) is 32.2 Å². The van der Waals surface area contributed by atoms with E-state index in [4.69, 9.17) is 0 Å². The third-order valence-corrected chi connectivity index (χ3v) is 3.66. The lowest BCUT2D eigenvalue weighted by atomic mass is 9.98. The maximum atomic E-state index is 3.62. The third kappa shape index (κ3) is 5.53. The Morgan fingerprint density at radius 1 is 1.20 bits per heavy atom. The lowest BCUT2D eigenvalue weighted by Crippen LogP contribution is -2.39. The summed E-state index contributed by atoms with van der Waals surface area (Å²) in [6, 6.07) is 0.715. The summed E-state index contributed by atoms with van der Waals surface area (Å²) in [5, 5.41) is 7.22. The lowest BCUT2D eigenvalue weighted by molar-refractivity contribution is 0.374. The second-order valence-electron chi connectivity index (χ2n) is 5.38. The van der Waals surface area contributed by atoms with Crippen LogP contribution in [0.1, 0.15) is 46.5 Å². The number of rotatable bonds is 5. The fourth-order valence-electron chi connectivity index (χ4n) is 2.00. The molecule has 1 rings (SSSR count). The van der Waals surface area contributed by atoms with Crippen molar-refractivity contribution in [3.63, 3.8) is 0 Å². The van der Waals surface area contributed by atoms with Crippen LogP contribution < -0.4 is 10.6 Å². The van der Waals surface area contributed by atoms with Gasteiger partial charge in [0.1, 0.15) is 0 Å². The molecule has 15 heavy (non-hydrogen) atoms. The van der Waals surface area contributed by atoms with Gasteiger partial charge in [0.15, 0.2) is 0 Å². The molecule has 90 valence electrons. The fourth-order valence-corrected chi connectivity index (χ4v) is 2.00. The van der Waals surface area contributed by atoms with Gasteiger partial charge in [0.05, 0.1) is 0 Å². The van der Waals surface area contributed by atoms with Crippen LogP contribution in [-0.4, -0.2) is 25.7 Å². The van der Waals surface area contributed by atoms with Gasteiger partial charge in [-0.1, -0.05) is 33.6 Å². The standard InChI is InChI=1S/C13H28N2/c1-11(2)12(3)9-14-10-13-7-5-4-6-8-15-13/h11-15H,4-10H2,1-3H3. The van der Waals surface area contributed by atoms with Crippen molar-refractivity contribution < 1.29 is 0 Å². The van der Waals surface area contributed by atoms with Crippen molar-refractivity contribution in [2.75, 3.05) is 19.6 Å². The van der Waals surface area contributed by atoms with E-state index in [0.29, 0.717) is 6.04 Å². The molecule has 2 nitrogen and oxygen atoms in total. The van der Waals surface area contributed by atoms with Crippen LogP contribution in [0.25, 0.3) is 0 Å². The minimum atomic E-state index is 0.715. The average molecular weight is 212 g/mol. The second kappa shape index (κ2) is 7.24. The molecule has 0 aromatic rings. The van der Waals surface area contributed by atoms with Gasteiger partial charge >= 0.3 is 0 Å². The molecule has 0 saturated carbocycles. The van der Waals surface area contributed by atoms with Crippen LogP contribution in [-0.2, 0) is 0 Å². The highest BCUT2D eigenvalue weighted by Crippen LogP contribution is 2.09. The third-order valence-electron chi connectivity index (χ3n) is 3.66. The molecule has 0 amide bonds. The van der Waals surface area contributed by atoms with Crippen LogP contribution in [0.15, 0.2) is 0 Å². The Balaban J connectivity index is 2.07. The van der Waals surface area contributed by atoms with E-state index in [1.807, 2.05) is 0 Å². The first kappa shape index (κ1) is 13.0.